The number of benzene rings is 1. The van der Waals surface area contributed by atoms with Crippen LogP contribution in [0.3, 0.4) is 0 Å². The molecule has 18 heavy (non-hydrogen) atoms. The quantitative estimate of drug-likeness (QED) is 0.851. The Morgan fingerprint density at radius 2 is 2.06 bits per heavy atom. The number of nitrogens with zero attached hydrogens (tertiary/aromatic N) is 2. The first kappa shape index (κ1) is 13.2. The van der Waals surface area contributed by atoms with Crippen molar-refractivity contribution in [3.63, 3.8) is 0 Å². The first-order valence-electron chi connectivity index (χ1n) is 5.64. The zero-order chi connectivity index (χ0) is 13.0. The average Bonchev–Trinajstić information content (AvgIpc) is 2.73. The molecule has 6 heteroatoms. The second-order valence-electron chi connectivity index (χ2n) is 3.91. The maximum Gasteiger partial charge on any atom is 0.179 e. The van der Waals surface area contributed by atoms with Gasteiger partial charge in [0.15, 0.2) is 10.2 Å². The van der Waals surface area contributed by atoms with Crippen LogP contribution in [-0.4, -0.2) is 47.0 Å². The Bertz CT molecular complexity index is 438. The van der Waals surface area contributed by atoms with Crippen LogP contribution in [0.2, 0.25) is 0 Å². The molecule has 1 saturated heterocycles. The average molecular weight is 281 g/mol. The Kier molecular flexibility index (Phi) is 4.46. The van der Waals surface area contributed by atoms with Crippen molar-refractivity contribution in [3.05, 3.63) is 30.3 Å². The Balaban J connectivity index is 1.96. The summed E-state index contributed by atoms with van der Waals surface area (Å²) in [7, 11) is 1.66. The van der Waals surface area contributed by atoms with E-state index in [0.29, 0.717) is 17.0 Å². The summed E-state index contributed by atoms with van der Waals surface area (Å²) in [4.78, 5) is 3.89. The Morgan fingerprint density at radius 1 is 1.33 bits per heavy atom. The van der Waals surface area contributed by atoms with Crippen molar-refractivity contribution in [2.24, 2.45) is 0 Å². The fourth-order valence-corrected chi connectivity index (χ4v) is 2.44. The van der Waals surface area contributed by atoms with Gasteiger partial charge >= 0.3 is 0 Å². The van der Waals surface area contributed by atoms with Crippen LogP contribution in [0.1, 0.15) is 0 Å². The summed E-state index contributed by atoms with van der Waals surface area (Å²) in [5, 5.41) is 4.52. The van der Waals surface area contributed by atoms with Crippen molar-refractivity contribution in [3.8, 4) is 0 Å². The molecule has 0 radical (unpaired) electrons. The van der Waals surface area contributed by atoms with Crippen molar-refractivity contribution in [1.29, 1.82) is 0 Å². The Hall–Kier alpha value is -1.24. The van der Waals surface area contributed by atoms with Gasteiger partial charge in [-0.25, -0.2) is 0 Å². The predicted molar refractivity (Wildman–Crippen MR) is 80.5 cm³/mol. The third-order valence-corrected chi connectivity index (χ3v) is 3.45. The standard InChI is InChI=1S/C12H15N3OS2/c1-16-9-14-7-8-15(12(14)18)11(17)13-10-5-3-2-4-6-10/h2-6H,7-9H2,1H3,(H,13,17). The van der Waals surface area contributed by atoms with Crippen LogP contribution in [0.5, 0.6) is 0 Å². The van der Waals surface area contributed by atoms with Gasteiger partial charge in [-0.2, -0.15) is 0 Å². The van der Waals surface area contributed by atoms with E-state index in [-0.39, 0.29) is 0 Å². The van der Waals surface area contributed by atoms with Crippen LogP contribution in [0.4, 0.5) is 5.69 Å². The number of nitrogens with one attached hydrogen (secondary N) is 1. The van der Waals surface area contributed by atoms with Gasteiger partial charge in [-0.3, -0.25) is 4.90 Å². The van der Waals surface area contributed by atoms with Gasteiger partial charge in [-0.1, -0.05) is 18.2 Å². The van der Waals surface area contributed by atoms with Crippen LogP contribution in [0.15, 0.2) is 30.3 Å². The van der Waals surface area contributed by atoms with Gasteiger partial charge in [0.25, 0.3) is 0 Å². The molecular weight excluding hydrogens is 266 g/mol. The number of para-hydroxylation sites is 1. The highest BCUT2D eigenvalue weighted by molar-refractivity contribution is 7.81. The number of thiocarbonyl (C=S) groups is 2. The van der Waals surface area contributed by atoms with Gasteiger partial charge in [0.1, 0.15) is 6.73 Å². The molecule has 2 rings (SSSR count). The van der Waals surface area contributed by atoms with Crippen LogP contribution in [0, 0.1) is 0 Å². The molecule has 0 aromatic heterocycles. The van der Waals surface area contributed by atoms with Gasteiger partial charge in [-0.15, -0.1) is 0 Å². The summed E-state index contributed by atoms with van der Waals surface area (Å²) in [6, 6.07) is 9.83. The number of hydrogen-bond acceptors (Lipinski definition) is 3. The van der Waals surface area contributed by atoms with E-state index < -0.39 is 0 Å². The normalized spacial score (nSPS) is 15.1. The maximum atomic E-state index is 5.37. The molecule has 0 unspecified atom stereocenters. The van der Waals surface area contributed by atoms with Crippen LogP contribution in [0.25, 0.3) is 0 Å². The van der Waals surface area contributed by atoms with Crippen LogP contribution >= 0.6 is 24.4 Å². The molecule has 1 heterocycles. The van der Waals surface area contributed by atoms with Crippen molar-refractivity contribution in [1.82, 2.24) is 9.80 Å². The third kappa shape index (κ3) is 2.95. The largest absolute Gasteiger partial charge is 0.364 e. The van der Waals surface area contributed by atoms with Crippen molar-refractivity contribution in [2.75, 3.05) is 32.2 Å². The van der Waals surface area contributed by atoms with E-state index >= 15 is 0 Å². The molecule has 1 N–H and O–H groups in total. The second-order valence-corrected chi connectivity index (χ2v) is 4.66. The first-order valence-corrected chi connectivity index (χ1v) is 6.45. The summed E-state index contributed by atoms with van der Waals surface area (Å²) < 4.78 is 5.09. The highest BCUT2D eigenvalue weighted by Gasteiger charge is 2.27. The SMILES string of the molecule is COCN1CCN(C(=S)Nc2ccccc2)C1=S. The minimum Gasteiger partial charge on any atom is -0.364 e. The smallest absolute Gasteiger partial charge is 0.179 e. The van der Waals surface area contributed by atoms with Gasteiger partial charge in [0.2, 0.25) is 0 Å². The minimum absolute atomic E-state index is 0.503. The fourth-order valence-electron chi connectivity index (χ4n) is 1.76. The molecule has 1 fully saturated rings. The van der Waals surface area contributed by atoms with Crippen LogP contribution < -0.4 is 5.32 Å². The summed E-state index contributed by atoms with van der Waals surface area (Å²) in [5.74, 6) is 0. The zero-order valence-electron chi connectivity index (χ0n) is 10.1. The molecular formula is C12H15N3OS2. The zero-order valence-corrected chi connectivity index (χ0v) is 11.8. The fraction of sp³-hybridized carbons (Fsp3) is 0.333. The van der Waals surface area contributed by atoms with E-state index in [0.717, 1.165) is 18.8 Å². The molecule has 0 saturated carbocycles. The van der Waals surface area contributed by atoms with Crippen molar-refractivity contribution >= 4 is 40.3 Å². The lowest BCUT2D eigenvalue weighted by Crippen LogP contribution is -2.39. The summed E-state index contributed by atoms with van der Waals surface area (Å²) >= 11 is 10.7. The van der Waals surface area contributed by atoms with Gasteiger partial charge < -0.3 is 15.0 Å². The van der Waals surface area contributed by atoms with E-state index in [1.54, 1.807) is 7.11 Å². The van der Waals surface area contributed by atoms with E-state index in [9.17, 15) is 0 Å². The lowest BCUT2D eigenvalue weighted by Gasteiger charge is -2.22. The number of anilines is 1. The molecule has 96 valence electrons. The van der Waals surface area contributed by atoms with E-state index in [1.165, 1.54) is 0 Å². The molecule has 1 aliphatic heterocycles. The Labute approximate surface area is 118 Å². The number of hydrogen-bond donors (Lipinski definition) is 1. The van der Waals surface area contributed by atoms with E-state index in [2.05, 4.69) is 5.32 Å². The molecule has 0 amide bonds. The van der Waals surface area contributed by atoms with Crippen molar-refractivity contribution < 1.29 is 4.74 Å². The van der Waals surface area contributed by atoms with E-state index in [4.69, 9.17) is 29.2 Å². The second kappa shape index (κ2) is 6.08. The lowest BCUT2D eigenvalue weighted by atomic mass is 10.3. The highest BCUT2D eigenvalue weighted by atomic mass is 32.1. The summed E-state index contributed by atoms with van der Waals surface area (Å²) in [6.07, 6.45) is 0. The molecule has 0 bridgehead atoms. The minimum atomic E-state index is 0.503. The monoisotopic (exact) mass is 281 g/mol. The van der Waals surface area contributed by atoms with Gasteiger partial charge in [-0.05, 0) is 36.6 Å². The maximum absolute atomic E-state index is 5.37. The highest BCUT2D eigenvalue weighted by Crippen LogP contribution is 2.12. The molecule has 0 aliphatic carbocycles. The number of rotatable bonds is 3. The van der Waals surface area contributed by atoms with Crippen molar-refractivity contribution in [2.45, 2.75) is 0 Å². The van der Waals surface area contributed by atoms with Gasteiger partial charge in [0.05, 0.1) is 0 Å². The topological polar surface area (TPSA) is 27.7 Å². The Morgan fingerprint density at radius 3 is 2.72 bits per heavy atom. The molecule has 1 aromatic rings. The summed E-state index contributed by atoms with van der Waals surface area (Å²) in [5.41, 5.74) is 0.968. The number of methoxy groups -OCH3 is 1. The van der Waals surface area contributed by atoms with Crippen LogP contribution in [-0.2, 0) is 4.74 Å². The van der Waals surface area contributed by atoms with Gasteiger partial charge in [0, 0.05) is 25.9 Å². The molecule has 0 atom stereocenters. The summed E-state index contributed by atoms with van der Waals surface area (Å²) in [6.45, 7) is 2.13. The van der Waals surface area contributed by atoms with E-state index in [1.807, 2.05) is 40.1 Å². The first-order chi connectivity index (χ1) is 8.72. The molecule has 1 aromatic carbocycles. The third-order valence-electron chi connectivity index (χ3n) is 2.65. The molecule has 1 aliphatic rings. The molecule has 4 nitrogen and oxygen atoms in total. The predicted octanol–water partition coefficient (Wildman–Crippen LogP) is 1.89. The lowest BCUT2D eigenvalue weighted by molar-refractivity contribution is 0.118. The number of ether oxygens (including phenoxy) is 1. The molecule has 0 spiro atoms.